The van der Waals surface area contributed by atoms with Crippen LogP contribution in [0.4, 0.5) is 24.5 Å². The van der Waals surface area contributed by atoms with Gasteiger partial charge < -0.3 is 15.7 Å². The van der Waals surface area contributed by atoms with Crippen molar-refractivity contribution in [2.24, 2.45) is 15.9 Å². The van der Waals surface area contributed by atoms with Crippen molar-refractivity contribution in [2.75, 3.05) is 11.9 Å². The molecule has 0 fully saturated rings. The second-order valence-corrected chi connectivity index (χ2v) is 6.80. The minimum Gasteiger partial charge on any atom is -0.379 e. The van der Waals surface area contributed by atoms with Crippen LogP contribution in [-0.4, -0.2) is 33.0 Å². The van der Waals surface area contributed by atoms with E-state index in [4.69, 9.17) is 5.84 Å². The van der Waals surface area contributed by atoms with Gasteiger partial charge in [-0.05, 0) is 48.5 Å². The summed E-state index contributed by atoms with van der Waals surface area (Å²) >= 11 is 0. The van der Waals surface area contributed by atoms with Gasteiger partial charge in [0.1, 0.15) is 5.69 Å². The zero-order valence-corrected chi connectivity index (χ0v) is 16.7. The monoisotopic (exact) mass is 437 g/mol. The number of nitrogens with one attached hydrogen (secondary N) is 1. The van der Waals surface area contributed by atoms with E-state index in [-0.39, 0.29) is 12.2 Å². The molecule has 0 saturated carbocycles. The summed E-state index contributed by atoms with van der Waals surface area (Å²) in [4.78, 5) is 11.8. The maximum atomic E-state index is 12.8. The number of alkyl halides is 3. The van der Waals surface area contributed by atoms with Crippen LogP contribution in [0.15, 0.2) is 83.4 Å². The first-order chi connectivity index (χ1) is 15.4. The van der Waals surface area contributed by atoms with E-state index in [1.54, 1.807) is 12.4 Å². The van der Waals surface area contributed by atoms with Gasteiger partial charge in [-0.2, -0.15) is 18.3 Å². The fourth-order valence-electron chi connectivity index (χ4n) is 3.06. The Balaban J connectivity index is 1.42. The molecule has 3 heterocycles. The summed E-state index contributed by atoms with van der Waals surface area (Å²) < 4.78 is 40.4. The molecule has 7 nitrogen and oxygen atoms in total. The molecular formula is C22H18F3N7. The first kappa shape index (κ1) is 21.0. The first-order valence-corrected chi connectivity index (χ1v) is 9.53. The summed E-state index contributed by atoms with van der Waals surface area (Å²) in [5.74, 6) is 5.40. The molecule has 162 valence electrons. The van der Waals surface area contributed by atoms with Gasteiger partial charge in [-0.3, -0.25) is 15.0 Å². The van der Waals surface area contributed by atoms with Crippen LogP contribution in [0.3, 0.4) is 0 Å². The fraction of sp³-hybridized carbons (Fsp3) is 0.0909. The third-order valence-electron chi connectivity index (χ3n) is 4.68. The molecule has 0 atom stereocenters. The number of hydrogen-bond donors (Lipinski definition) is 2. The number of pyridine rings is 2. The van der Waals surface area contributed by atoms with Crippen molar-refractivity contribution in [2.45, 2.75) is 6.18 Å². The molecule has 1 aromatic carbocycles. The molecule has 3 N–H and O–H groups in total. The van der Waals surface area contributed by atoms with Gasteiger partial charge in [-0.1, -0.05) is 0 Å². The Hall–Kier alpha value is -4.21. The normalized spacial score (nSPS) is 12.5. The predicted molar refractivity (Wildman–Crippen MR) is 119 cm³/mol. The van der Waals surface area contributed by atoms with Crippen LogP contribution in [-0.2, 0) is 6.18 Å². The van der Waals surface area contributed by atoms with E-state index >= 15 is 0 Å². The van der Waals surface area contributed by atoms with Gasteiger partial charge in [-0.15, -0.1) is 0 Å². The number of aromatic nitrogens is 3. The van der Waals surface area contributed by atoms with E-state index in [9.17, 15) is 13.2 Å². The van der Waals surface area contributed by atoms with Crippen molar-refractivity contribution in [1.29, 1.82) is 0 Å². The van der Waals surface area contributed by atoms with Crippen molar-refractivity contribution in [3.8, 4) is 5.69 Å². The van der Waals surface area contributed by atoms with E-state index in [0.717, 1.165) is 28.9 Å². The Bertz CT molecular complexity index is 1270. The Morgan fingerprint density at radius 2 is 1.91 bits per heavy atom. The van der Waals surface area contributed by atoms with Gasteiger partial charge in [-0.25, -0.2) is 0 Å². The van der Waals surface area contributed by atoms with E-state index in [2.05, 4.69) is 25.4 Å². The topological polar surface area (TPSA) is 93.5 Å². The van der Waals surface area contributed by atoms with E-state index in [0.29, 0.717) is 11.4 Å². The van der Waals surface area contributed by atoms with E-state index in [1.165, 1.54) is 12.3 Å². The molecule has 0 radical (unpaired) electrons. The van der Waals surface area contributed by atoms with Gasteiger partial charge in [0.25, 0.3) is 0 Å². The molecule has 4 aromatic rings. The third kappa shape index (κ3) is 4.75. The zero-order chi connectivity index (χ0) is 22.6. The Kier molecular flexibility index (Phi) is 5.84. The second-order valence-electron chi connectivity index (χ2n) is 6.80. The zero-order valence-electron chi connectivity index (χ0n) is 16.7. The molecule has 4 rings (SSSR count). The van der Waals surface area contributed by atoms with Crippen molar-refractivity contribution < 1.29 is 13.2 Å². The minimum atomic E-state index is -4.51. The quantitative estimate of drug-likeness (QED) is 0.263. The highest BCUT2D eigenvalue weighted by Crippen LogP contribution is 2.28. The average Bonchev–Trinajstić information content (AvgIpc) is 3.23. The Morgan fingerprint density at radius 3 is 2.66 bits per heavy atom. The summed E-state index contributed by atoms with van der Waals surface area (Å²) in [5.41, 5.74) is 2.26. The van der Waals surface area contributed by atoms with Crippen molar-refractivity contribution in [3.05, 3.63) is 79.0 Å². The maximum Gasteiger partial charge on any atom is 0.433 e. The lowest BCUT2D eigenvalue weighted by Gasteiger charge is -2.09. The molecule has 0 aliphatic heterocycles. The number of nitrogens with zero attached hydrogens (tertiary/aromatic N) is 5. The molecule has 32 heavy (non-hydrogen) atoms. The Morgan fingerprint density at radius 1 is 1.09 bits per heavy atom. The van der Waals surface area contributed by atoms with Crippen molar-refractivity contribution in [1.82, 2.24) is 14.5 Å². The molecule has 0 aliphatic carbocycles. The lowest BCUT2D eigenvalue weighted by molar-refractivity contribution is -0.141. The van der Waals surface area contributed by atoms with E-state index in [1.807, 2.05) is 47.2 Å². The van der Waals surface area contributed by atoms with Gasteiger partial charge in [0, 0.05) is 35.4 Å². The highest BCUT2D eigenvalue weighted by atomic mass is 19.4. The van der Waals surface area contributed by atoms with Crippen LogP contribution in [0.2, 0.25) is 0 Å². The summed E-state index contributed by atoms with van der Waals surface area (Å²) in [7, 11) is 0. The number of halogens is 3. The maximum absolute atomic E-state index is 12.8. The van der Waals surface area contributed by atoms with Crippen molar-refractivity contribution in [3.63, 3.8) is 0 Å². The predicted octanol–water partition coefficient (Wildman–Crippen LogP) is 4.57. The number of rotatable bonds is 6. The summed E-state index contributed by atoms with van der Waals surface area (Å²) in [5, 5.41) is 7.57. The van der Waals surface area contributed by atoms with Crippen LogP contribution in [0.5, 0.6) is 0 Å². The van der Waals surface area contributed by atoms with Crippen LogP contribution < -0.4 is 11.2 Å². The molecule has 0 unspecified atom stereocenters. The number of hydrazone groups is 1. The summed E-state index contributed by atoms with van der Waals surface area (Å²) in [6.07, 6.45) is 3.56. The van der Waals surface area contributed by atoms with E-state index < -0.39 is 11.9 Å². The van der Waals surface area contributed by atoms with Crippen LogP contribution in [0.1, 0.15) is 5.69 Å². The molecule has 0 saturated heterocycles. The number of aliphatic imine (C=N–C) groups is 1. The first-order valence-electron chi connectivity index (χ1n) is 9.53. The number of benzene rings is 1. The Labute approximate surface area is 181 Å². The average molecular weight is 437 g/mol. The highest BCUT2D eigenvalue weighted by molar-refractivity contribution is 6.32. The number of hydrogen-bond acceptors (Lipinski definition) is 6. The number of nitrogens with two attached hydrogens (primary N) is 1. The highest BCUT2D eigenvalue weighted by Gasteiger charge is 2.32. The van der Waals surface area contributed by atoms with Crippen LogP contribution in [0.25, 0.3) is 16.6 Å². The molecule has 0 aliphatic rings. The fourth-order valence-corrected chi connectivity index (χ4v) is 3.06. The molecular weight excluding hydrogens is 419 g/mol. The van der Waals surface area contributed by atoms with Gasteiger partial charge in [0.05, 0.1) is 35.9 Å². The van der Waals surface area contributed by atoms with Gasteiger partial charge in [0.15, 0.2) is 0 Å². The lowest BCUT2D eigenvalue weighted by Crippen LogP contribution is -2.17. The van der Waals surface area contributed by atoms with Crippen LogP contribution >= 0.6 is 0 Å². The largest absolute Gasteiger partial charge is 0.433 e. The molecule has 0 spiro atoms. The van der Waals surface area contributed by atoms with Gasteiger partial charge in [0.2, 0.25) is 0 Å². The van der Waals surface area contributed by atoms with Crippen LogP contribution in [0, 0.1) is 0 Å². The standard InChI is InChI=1S/C22H18F3N7/c23-22(24,25)21-11-17(6-9-28-21)30-13-18(31-26)12-29-16-1-3-19(4-2-16)32-10-7-15-5-8-27-14-20(15)32/h1-12,14H,13,26H2,(H,28,30)/b29-12?,31-18+. The summed E-state index contributed by atoms with van der Waals surface area (Å²) in [6.45, 7) is 0.0990. The molecule has 10 heteroatoms. The second kappa shape index (κ2) is 8.88. The van der Waals surface area contributed by atoms with Gasteiger partial charge >= 0.3 is 6.18 Å². The molecule has 0 bridgehead atoms. The number of fused-ring (bicyclic) bond motifs is 1. The lowest BCUT2D eigenvalue weighted by atomic mass is 10.2. The number of anilines is 1. The smallest absolute Gasteiger partial charge is 0.379 e. The minimum absolute atomic E-state index is 0.0990. The molecule has 0 amide bonds. The van der Waals surface area contributed by atoms with Crippen molar-refractivity contribution >= 4 is 34.2 Å². The third-order valence-corrected chi connectivity index (χ3v) is 4.68. The SMILES string of the molecule is N/N=C(\C=Nc1ccc(-n2ccc3ccncc32)cc1)CNc1ccnc(C(F)(F)F)c1. The molecule has 3 aromatic heterocycles. The summed E-state index contributed by atoms with van der Waals surface area (Å²) in [6, 6.07) is 13.8.